The molecule has 0 unspecified atom stereocenters. The average molecular weight is 422 g/mol. The van der Waals surface area contributed by atoms with Crippen LogP contribution in [0, 0.1) is 6.92 Å². The van der Waals surface area contributed by atoms with Crippen LogP contribution in [0.1, 0.15) is 16.8 Å². The van der Waals surface area contributed by atoms with E-state index < -0.39 is 0 Å². The van der Waals surface area contributed by atoms with Gasteiger partial charge in [0.2, 0.25) is 5.91 Å². The highest BCUT2D eigenvalue weighted by molar-refractivity contribution is 7.15. The molecule has 0 atom stereocenters. The highest BCUT2D eigenvalue weighted by atomic mass is 32.1. The molecule has 7 heteroatoms. The molecule has 30 heavy (non-hydrogen) atoms. The lowest BCUT2D eigenvalue weighted by Crippen LogP contribution is -2.25. The Morgan fingerprint density at radius 3 is 2.70 bits per heavy atom. The number of nitrogens with zero attached hydrogens (tertiary/aromatic N) is 2. The summed E-state index contributed by atoms with van der Waals surface area (Å²) in [6, 6.07) is 13.8. The average Bonchev–Trinajstić information content (AvgIpc) is 3.34. The van der Waals surface area contributed by atoms with E-state index >= 15 is 0 Å². The number of amides is 1. The number of ether oxygens (including phenoxy) is 2. The molecular weight excluding hydrogens is 398 g/mol. The molecule has 4 aromatic rings. The largest absolute Gasteiger partial charge is 0.493 e. The molecule has 2 heterocycles. The lowest BCUT2D eigenvalue weighted by molar-refractivity contribution is -0.120. The third kappa shape index (κ3) is 4.02. The fraction of sp³-hybridized carbons (Fsp3) is 0.217. The molecule has 0 aliphatic carbocycles. The van der Waals surface area contributed by atoms with Crippen molar-refractivity contribution in [2.24, 2.45) is 0 Å². The maximum atomic E-state index is 12.5. The summed E-state index contributed by atoms with van der Waals surface area (Å²) in [6.45, 7) is 2.57. The van der Waals surface area contributed by atoms with Gasteiger partial charge >= 0.3 is 0 Å². The fourth-order valence-corrected chi connectivity index (χ4v) is 4.19. The van der Waals surface area contributed by atoms with Crippen molar-refractivity contribution >= 4 is 22.2 Å². The summed E-state index contributed by atoms with van der Waals surface area (Å²) >= 11 is 1.52. The van der Waals surface area contributed by atoms with Gasteiger partial charge in [-0.05, 0) is 36.2 Å². The highest BCUT2D eigenvalue weighted by Gasteiger charge is 2.14. The van der Waals surface area contributed by atoms with Crippen molar-refractivity contribution in [3.63, 3.8) is 0 Å². The van der Waals surface area contributed by atoms with Crippen LogP contribution >= 0.6 is 11.3 Å². The Hall–Kier alpha value is -3.32. The number of carbonyl (C=O) groups is 1. The molecule has 6 nitrogen and oxygen atoms in total. The van der Waals surface area contributed by atoms with E-state index in [2.05, 4.69) is 5.32 Å². The SMILES string of the molecule is COc1ccc(-c2cn3c(CC(=O)NCc4ccccc4C)csc3n2)cc1OC. The molecule has 1 amide bonds. The van der Waals surface area contributed by atoms with E-state index in [1.54, 1.807) is 14.2 Å². The van der Waals surface area contributed by atoms with Crippen molar-refractivity contribution in [3.05, 3.63) is 70.9 Å². The first-order valence-electron chi connectivity index (χ1n) is 9.58. The number of hydrogen-bond acceptors (Lipinski definition) is 5. The molecule has 0 aliphatic heterocycles. The fourth-order valence-electron chi connectivity index (χ4n) is 3.32. The molecule has 4 rings (SSSR count). The van der Waals surface area contributed by atoms with Crippen LogP contribution in [0.15, 0.2) is 54.0 Å². The standard InChI is InChI=1S/C23H23N3O3S/c1-15-6-4-5-7-17(15)12-24-22(27)11-18-14-30-23-25-19(13-26(18)23)16-8-9-20(28-2)21(10-16)29-3/h4-10,13-14H,11-12H2,1-3H3,(H,24,27). The second-order valence-corrected chi connectivity index (χ2v) is 7.79. The molecule has 0 saturated heterocycles. The number of aryl methyl sites for hydroxylation is 1. The third-order valence-corrected chi connectivity index (χ3v) is 5.93. The van der Waals surface area contributed by atoms with Crippen LogP contribution in [0.4, 0.5) is 0 Å². The molecular formula is C23H23N3O3S. The van der Waals surface area contributed by atoms with Crippen molar-refractivity contribution < 1.29 is 14.3 Å². The number of methoxy groups -OCH3 is 2. The monoisotopic (exact) mass is 421 g/mol. The lowest BCUT2D eigenvalue weighted by atomic mass is 10.1. The molecule has 0 radical (unpaired) electrons. The minimum Gasteiger partial charge on any atom is -0.493 e. The number of fused-ring (bicyclic) bond motifs is 1. The van der Waals surface area contributed by atoms with Gasteiger partial charge < -0.3 is 14.8 Å². The molecule has 2 aromatic heterocycles. The van der Waals surface area contributed by atoms with Gasteiger partial charge in [-0.2, -0.15) is 0 Å². The Labute approximate surface area is 179 Å². The Balaban J connectivity index is 1.50. The lowest BCUT2D eigenvalue weighted by Gasteiger charge is -2.08. The summed E-state index contributed by atoms with van der Waals surface area (Å²) in [6.07, 6.45) is 2.25. The van der Waals surface area contributed by atoms with Gasteiger partial charge in [-0.1, -0.05) is 24.3 Å². The van der Waals surface area contributed by atoms with Gasteiger partial charge in [-0.25, -0.2) is 4.98 Å². The van der Waals surface area contributed by atoms with Crippen molar-refractivity contribution in [2.75, 3.05) is 14.2 Å². The van der Waals surface area contributed by atoms with Crippen LogP contribution in [0.2, 0.25) is 0 Å². The minimum atomic E-state index is -0.0145. The predicted octanol–water partition coefficient (Wildman–Crippen LogP) is 4.25. The van der Waals surface area contributed by atoms with Crippen LogP contribution in [0.25, 0.3) is 16.2 Å². The van der Waals surface area contributed by atoms with Gasteiger partial charge in [0.1, 0.15) is 0 Å². The Morgan fingerprint density at radius 1 is 1.13 bits per heavy atom. The van der Waals surface area contributed by atoms with E-state index in [1.807, 2.05) is 65.4 Å². The molecule has 0 aliphatic rings. The van der Waals surface area contributed by atoms with Gasteiger partial charge in [0.05, 0.1) is 26.3 Å². The molecule has 0 saturated carbocycles. The number of nitrogens with one attached hydrogen (secondary N) is 1. The zero-order valence-electron chi connectivity index (χ0n) is 17.1. The molecule has 0 fully saturated rings. The van der Waals surface area contributed by atoms with E-state index in [9.17, 15) is 4.79 Å². The summed E-state index contributed by atoms with van der Waals surface area (Å²) in [4.78, 5) is 18.0. The van der Waals surface area contributed by atoms with Crippen LogP contribution in [0.3, 0.4) is 0 Å². The number of carbonyl (C=O) groups excluding carboxylic acids is 1. The van der Waals surface area contributed by atoms with Crippen LogP contribution < -0.4 is 14.8 Å². The Kier molecular flexibility index (Phi) is 5.72. The summed E-state index contributed by atoms with van der Waals surface area (Å²) in [7, 11) is 3.22. The third-order valence-electron chi connectivity index (χ3n) is 5.04. The molecule has 0 spiro atoms. The molecule has 0 bridgehead atoms. The quantitative estimate of drug-likeness (QED) is 0.485. The smallest absolute Gasteiger partial charge is 0.226 e. The second kappa shape index (κ2) is 8.59. The van der Waals surface area contributed by atoms with Gasteiger partial charge in [0, 0.05) is 29.4 Å². The van der Waals surface area contributed by atoms with Gasteiger partial charge in [-0.15, -0.1) is 11.3 Å². The Bertz CT molecular complexity index is 1200. The molecule has 154 valence electrons. The topological polar surface area (TPSA) is 64.9 Å². The van der Waals surface area contributed by atoms with E-state index in [1.165, 1.54) is 16.9 Å². The van der Waals surface area contributed by atoms with E-state index in [0.29, 0.717) is 24.5 Å². The minimum absolute atomic E-state index is 0.0145. The zero-order valence-corrected chi connectivity index (χ0v) is 18.0. The summed E-state index contributed by atoms with van der Waals surface area (Å²) in [5.74, 6) is 1.31. The van der Waals surface area contributed by atoms with Crippen LogP contribution in [-0.4, -0.2) is 29.5 Å². The first kappa shape index (κ1) is 20.0. The van der Waals surface area contributed by atoms with Crippen molar-refractivity contribution in [3.8, 4) is 22.8 Å². The van der Waals surface area contributed by atoms with Gasteiger partial charge in [-0.3, -0.25) is 9.20 Å². The van der Waals surface area contributed by atoms with Crippen molar-refractivity contribution in [1.82, 2.24) is 14.7 Å². The van der Waals surface area contributed by atoms with Gasteiger partial charge in [0.25, 0.3) is 0 Å². The first-order chi connectivity index (χ1) is 14.6. The van der Waals surface area contributed by atoms with Crippen molar-refractivity contribution in [2.45, 2.75) is 19.9 Å². The van der Waals surface area contributed by atoms with Crippen molar-refractivity contribution in [1.29, 1.82) is 0 Å². The number of hydrogen-bond donors (Lipinski definition) is 1. The van der Waals surface area contributed by atoms with Crippen LogP contribution in [0.5, 0.6) is 11.5 Å². The number of rotatable bonds is 7. The number of benzene rings is 2. The predicted molar refractivity (Wildman–Crippen MR) is 118 cm³/mol. The highest BCUT2D eigenvalue weighted by Crippen LogP contribution is 2.32. The second-order valence-electron chi connectivity index (χ2n) is 6.96. The number of aromatic nitrogens is 2. The van der Waals surface area contributed by atoms with Gasteiger partial charge in [0.15, 0.2) is 16.5 Å². The summed E-state index contributed by atoms with van der Waals surface area (Å²) < 4.78 is 12.7. The van der Waals surface area contributed by atoms with Crippen LogP contribution in [-0.2, 0) is 17.8 Å². The maximum Gasteiger partial charge on any atom is 0.226 e. The number of thiazole rings is 1. The van der Waals surface area contributed by atoms with E-state index in [4.69, 9.17) is 14.5 Å². The Morgan fingerprint density at radius 2 is 1.93 bits per heavy atom. The zero-order chi connectivity index (χ0) is 21.1. The van der Waals surface area contributed by atoms with E-state index in [-0.39, 0.29) is 5.91 Å². The maximum absolute atomic E-state index is 12.5. The summed E-state index contributed by atoms with van der Waals surface area (Å²) in [5, 5.41) is 4.99. The first-order valence-corrected chi connectivity index (χ1v) is 10.5. The molecule has 2 aromatic carbocycles. The number of imidazole rings is 1. The van der Waals surface area contributed by atoms with E-state index in [0.717, 1.165) is 27.5 Å². The normalized spacial score (nSPS) is 10.9. The summed E-state index contributed by atoms with van der Waals surface area (Å²) in [5.41, 5.74) is 4.96. The molecule has 1 N–H and O–H groups in total.